The van der Waals surface area contributed by atoms with Crippen molar-refractivity contribution in [2.45, 2.75) is 6.92 Å². The Labute approximate surface area is 104 Å². The van der Waals surface area contributed by atoms with Crippen LogP contribution in [-0.4, -0.2) is 24.5 Å². The maximum Gasteiger partial charge on any atom is 0.328 e. The van der Waals surface area contributed by atoms with E-state index in [0.717, 1.165) is 6.08 Å². The van der Waals surface area contributed by atoms with E-state index in [1.807, 2.05) is 6.92 Å². The molecule has 0 aliphatic rings. The van der Waals surface area contributed by atoms with E-state index < -0.39 is 5.97 Å². The second-order valence-electron chi connectivity index (χ2n) is 3.11. The number of aliphatic carboxylic acids is 1. The average molecular weight is 257 g/mol. The zero-order valence-electron chi connectivity index (χ0n) is 9.35. The summed E-state index contributed by atoms with van der Waals surface area (Å²) in [4.78, 5) is 10.4. The predicted octanol–water partition coefficient (Wildman–Crippen LogP) is 2.81. The van der Waals surface area contributed by atoms with Crippen molar-refractivity contribution >= 4 is 23.6 Å². The number of carbonyl (C=O) groups is 1. The van der Waals surface area contributed by atoms with Gasteiger partial charge < -0.3 is 14.6 Å². The number of rotatable bonds is 6. The summed E-state index contributed by atoms with van der Waals surface area (Å²) in [5.41, 5.74) is 0.597. The van der Waals surface area contributed by atoms with Gasteiger partial charge in [0.05, 0.1) is 0 Å². The smallest absolute Gasteiger partial charge is 0.328 e. The number of halogens is 1. The Kier molecular flexibility index (Phi) is 5.52. The molecule has 17 heavy (non-hydrogen) atoms. The van der Waals surface area contributed by atoms with Crippen LogP contribution in [0.25, 0.3) is 6.08 Å². The van der Waals surface area contributed by atoms with Crippen molar-refractivity contribution in [1.82, 2.24) is 0 Å². The van der Waals surface area contributed by atoms with E-state index in [-0.39, 0.29) is 6.79 Å². The number of benzene rings is 1. The van der Waals surface area contributed by atoms with Gasteiger partial charge in [-0.3, -0.25) is 0 Å². The van der Waals surface area contributed by atoms with E-state index in [0.29, 0.717) is 22.9 Å². The Morgan fingerprint density at radius 2 is 2.29 bits per heavy atom. The van der Waals surface area contributed by atoms with Crippen LogP contribution < -0.4 is 4.74 Å². The molecule has 0 aliphatic heterocycles. The minimum absolute atomic E-state index is 0.117. The second kappa shape index (κ2) is 6.93. The first-order chi connectivity index (χ1) is 8.13. The molecule has 1 N–H and O–H groups in total. The van der Waals surface area contributed by atoms with Crippen molar-refractivity contribution in [1.29, 1.82) is 0 Å². The molecule has 92 valence electrons. The summed E-state index contributed by atoms with van der Waals surface area (Å²) in [7, 11) is 0. The Morgan fingerprint density at radius 1 is 1.53 bits per heavy atom. The molecule has 0 radical (unpaired) electrons. The molecular weight excluding hydrogens is 244 g/mol. The highest BCUT2D eigenvalue weighted by Crippen LogP contribution is 2.24. The summed E-state index contributed by atoms with van der Waals surface area (Å²) in [5.74, 6) is -0.499. The van der Waals surface area contributed by atoms with Gasteiger partial charge in [0.2, 0.25) is 0 Å². The summed E-state index contributed by atoms with van der Waals surface area (Å²) in [5, 5.41) is 9.08. The van der Waals surface area contributed by atoms with Gasteiger partial charge in [0.25, 0.3) is 0 Å². The standard InChI is InChI=1S/C12H13ClO4/c1-2-16-8-17-11-5-4-10(13)7-9(11)3-6-12(14)15/h3-7H,2,8H2,1H3,(H,14,15). The quantitative estimate of drug-likeness (QED) is 0.483. The molecule has 0 atom stereocenters. The molecule has 0 aliphatic carbocycles. The van der Waals surface area contributed by atoms with Crippen molar-refractivity contribution in [2.24, 2.45) is 0 Å². The van der Waals surface area contributed by atoms with Crippen LogP contribution in [0.1, 0.15) is 12.5 Å². The van der Waals surface area contributed by atoms with Gasteiger partial charge in [-0.1, -0.05) is 11.6 Å². The van der Waals surface area contributed by atoms with Crippen LogP contribution in [0, 0.1) is 0 Å². The zero-order valence-corrected chi connectivity index (χ0v) is 10.1. The summed E-state index contributed by atoms with van der Waals surface area (Å²) in [6, 6.07) is 4.96. The van der Waals surface area contributed by atoms with E-state index >= 15 is 0 Å². The molecule has 0 amide bonds. The fourth-order valence-corrected chi connectivity index (χ4v) is 1.31. The highest BCUT2D eigenvalue weighted by molar-refractivity contribution is 6.30. The molecule has 1 aromatic carbocycles. The van der Waals surface area contributed by atoms with Crippen LogP contribution in [0.15, 0.2) is 24.3 Å². The Hall–Kier alpha value is -1.52. The lowest BCUT2D eigenvalue weighted by Gasteiger charge is -2.09. The van der Waals surface area contributed by atoms with E-state index in [4.69, 9.17) is 26.2 Å². The van der Waals surface area contributed by atoms with Gasteiger partial charge in [-0.25, -0.2) is 4.79 Å². The lowest BCUT2D eigenvalue weighted by Crippen LogP contribution is -2.03. The Balaban J connectivity index is 2.83. The largest absolute Gasteiger partial charge is 0.478 e. The number of carboxylic acids is 1. The first-order valence-corrected chi connectivity index (χ1v) is 5.42. The molecule has 0 saturated carbocycles. The molecule has 0 fully saturated rings. The monoisotopic (exact) mass is 256 g/mol. The van der Waals surface area contributed by atoms with Crippen molar-refractivity contribution in [2.75, 3.05) is 13.4 Å². The van der Waals surface area contributed by atoms with Crippen molar-refractivity contribution in [3.8, 4) is 5.75 Å². The molecule has 0 heterocycles. The number of hydrogen-bond acceptors (Lipinski definition) is 3. The summed E-state index contributed by atoms with van der Waals surface area (Å²) in [6.45, 7) is 2.52. The Morgan fingerprint density at radius 3 is 2.94 bits per heavy atom. The van der Waals surface area contributed by atoms with Gasteiger partial charge >= 0.3 is 5.97 Å². The first-order valence-electron chi connectivity index (χ1n) is 5.04. The second-order valence-corrected chi connectivity index (χ2v) is 3.55. The average Bonchev–Trinajstić information content (AvgIpc) is 2.29. The van der Waals surface area contributed by atoms with Gasteiger partial charge in [-0.2, -0.15) is 0 Å². The molecule has 0 spiro atoms. The zero-order chi connectivity index (χ0) is 12.7. The fraction of sp³-hybridized carbons (Fsp3) is 0.250. The highest BCUT2D eigenvalue weighted by Gasteiger charge is 2.02. The maximum absolute atomic E-state index is 10.4. The van der Waals surface area contributed by atoms with Crippen LogP contribution in [0.5, 0.6) is 5.75 Å². The van der Waals surface area contributed by atoms with E-state index in [1.165, 1.54) is 6.08 Å². The highest BCUT2D eigenvalue weighted by atomic mass is 35.5. The molecule has 4 nitrogen and oxygen atoms in total. The van der Waals surface area contributed by atoms with Crippen LogP contribution in [0.3, 0.4) is 0 Å². The minimum Gasteiger partial charge on any atom is -0.478 e. The van der Waals surface area contributed by atoms with E-state index in [9.17, 15) is 4.79 Å². The number of hydrogen-bond donors (Lipinski definition) is 1. The summed E-state index contributed by atoms with van der Waals surface area (Å²) in [6.07, 6.45) is 2.45. The van der Waals surface area contributed by atoms with E-state index in [2.05, 4.69) is 0 Å². The third kappa shape index (κ3) is 4.89. The van der Waals surface area contributed by atoms with Crippen molar-refractivity contribution < 1.29 is 19.4 Å². The molecule has 5 heteroatoms. The third-order valence-corrected chi connectivity index (χ3v) is 2.11. The maximum atomic E-state index is 10.4. The van der Waals surface area contributed by atoms with Gasteiger partial charge in [-0.15, -0.1) is 0 Å². The first kappa shape index (κ1) is 13.5. The summed E-state index contributed by atoms with van der Waals surface area (Å²) >= 11 is 5.83. The Bertz CT molecular complexity index is 415. The minimum atomic E-state index is -1.03. The molecular formula is C12H13ClO4. The normalized spacial score (nSPS) is 10.7. The molecule has 1 rings (SSSR count). The number of carboxylic acid groups (broad SMARTS) is 1. The molecule has 0 bridgehead atoms. The number of ether oxygens (including phenoxy) is 2. The predicted molar refractivity (Wildman–Crippen MR) is 65.2 cm³/mol. The molecule has 1 aromatic rings. The van der Waals surface area contributed by atoms with Gasteiger partial charge in [0.15, 0.2) is 6.79 Å². The fourth-order valence-electron chi connectivity index (χ4n) is 1.13. The van der Waals surface area contributed by atoms with Crippen LogP contribution >= 0.6 is 11.6 Å². The lowest BCUT2D eigenvalue weighted by atomic mass is 10.2. The van der Waals surface area contributed by atoms with Gasteiger partial charge in [0, 0.05) is 23.3 Å². The van der Waals surface area contributed by atoms with E-state index in [1.54, 1.807) is 18.2 Å². The van der Waals surface area contributed by atoms with Crippen LogP contribution in [0.4, 0.5) is 0 Å². The van der Waals surface area contributed by atoms with Gasteiger partial charge in [0.1, 0.15) is 5.75 Å². The molecule has 0 saturated heterocycles. The van der Waals surface area contributed by atoms with Crippen molar-refractivity contribution in [3.63, 3.8) is 0 Å². The lowest BCUT2D eigenvalue weighted by molar-refractivity contribution is -0.131. The van der Waals surface area contributed by atoms with Crippen molar-refractivity contribution in [3.05, 3.63) is 34.9 Å². The van der Waals surface area contributed by atoms with Crippen LogP contribution in [-0.2, 0) is 9.53 Å². The topological polar surface area (TPSA) is 55.8 Å². The SMILES string of the molecule is CCOCOc1ccc(Cl)cc1C=CC(=O)O. The molecule has 0 unspecified atom stereocenters. The van der Waals surface area contributed by atoms with Gasteiger partial charge in [-0.05, 0) is 31.2 Å². The third-order valence-electron chi connectivity index (χ3n) is 1.88. The summed E-state index contributed by atoms with van der Waals surface area (Å²) < 4.78 is 10.4. The van der Waals surface area contributed by atoms with Crippen LogP contribution in [0.2, 0.25) is 5.02 Å². The molecule has 0 aromatic heterocycles.